The third-order valence-corrected chi connectivity index (χ3v) is 4.30. The zero-order chi connectivity index (χ0) is 16.1. The Morgan fingerprint density at radius 1 is 1.39 bits per heavy atom. The molecule has 1 aliphatic heterocycles. The highest BCUT2D eigenvalue weighted by molar-refractivity contribution is 5.95. The average Bonchev–Trinajstić information content (AvgIpc) is 3.21. The van der Waals surface area contributed by atoms with Crippen LogP contribution in [0.2, 0.25) is 0 Å². The molecule has 0 unspecified atom stereocenters. The molecule has 2 aromatic rings. The van der Waals surface area contributed by atoms with Crippen molar-refractivity contribution in [2.24, 2.45) is 0 Å². The van der Waals surface area contributed by atoms with Crippen molar-refractivity contribution in [3.05, 3.63) is 53.3 Å². The number of aryl methyl sites for hydroxylation is 2. The molecule has 0 radical (unpaired) electrons. The van der Waals surface area contributed by atoms with Gasteiger partial charge in [-0.25, -0.2) is 0 Å². The highest BCUT2D eigenvalue weighted by Crippen LogP contribution is 2.17. The van der Waals surface area contributed by atoms with Gasteiger partial charge in [-0.3, -0.25) is 9.89 Å². The summed E-state index contributed by atoms with van der Waals surface area (Å²) in [4.78, 5) is 14.3. The second-order valence-electron chi connectivity index (χ2n) is 6.03. The van der Waals surface area contributed by atoms with Crippen molar-refractivity contribution in [2.45, 2.75) is 32.3 Å². The van der Waals surface area contributed by atoms with Crippen LogP contribution in [0.5, 0.6) is 0 Å². The molecule has 1 fully saturated rings. The zero-order valence-electron chi connectivity index (χ0n) is 13.5. The van der Waals surface area contributed by atoms with Gasteiger partial charge in [0, 0.05) is 25.4 Å². The molecule has 1 N–H and O–H groups in total. The SMILES string of the molecule is Cc1[nH]ncc1C(=O)N1CC[C@H](OCCCc2ccccc2)C1. The number of carbonyl (C=O) groups is 1. The number of H-pyrrole nitrogens is 1. The van der Waals surface area contributed by atoms with E-state index in [9.17, 15) is 4.79 Å². The highest BCUT2D eigenvalue weighted by Gasteiger charge is 2.28. The lowest BCUT2D eigenvalue weighted by Crippen LogP contribution is -2.30. The molecule has 0 aliphatic carbocycles. The van der Waals surface area contributed by atoms with Gasteiger partial charge in [0.1, 0.15) is 0 Å². The molecule has 1 saturated heterocycles. The molecule has 0 saturated carbocycles. The fraction of sp³-hybridized carbons (Fsp3) is 0.444. The van der Waals surface area contributed by atoms with Crippen molar-refractivity contribution in [3.63, 3.8) is 0 Å². The van der Waals surface area contributed by atoms with Gasteiger partial charge in [0.15, 0.2) is 0 Å². The number of likely N-dealkylation sites (tertiary alicyclic amines) is 1. The summed E-state index contributed by atoms with van der Waals surface area (Å²) >= 11 is 0. The second-order valence-corrected chi connectivity index (χ2v) is 6.03. The molecule has 3 rings (SSSR count). The predicted octanol–water partition coefficient (Wildman–Crippen LogP) is 2.58. The summed E-state index contributed by atoms with van der Waals surface area (Å²) in [5, 5.41) is 6.73. The molecule has 122 valence electrons. The number of nitrogens with one attached hydrogen (secondary N) is 1. The number of hydrogen-bond acceptors (Lipinski definition) is 3. The predicted molar refractivity (Wildman–Crippen MR) is 88.3 cm³/mol. The van der Waals surface area contributed by atoms with E-state index in [1.54, 1.807) is 6.20 Å². The van der Waals surface area contributed by atoms with E-state index in [1.807, 2.05) is 17.9 Å². The van der Waals surface area contributed by atoms with E-state index in [0.717, 1.165) is 38.1 Å². The van der Waals surface area contributed by atoms with Crippen molar-refractivity contribution in [1.82, 2.24) is 15.1 Å². The molecule has 5 heteroatoms. The van der Waals surface area contributed by atoms with Gasteiger partial charge in [-0.2, -0.15) is 5.10 Å². The number of amides is 1. The van der Waals surface area contributed by atoms with Crippen molar-refractivity contribution in [2.75, 3.05) is 19.7 Å². The molecule has 2 heterocycles. The first-order valence-corrected chi connectivity index (χ1v) is 8.19. The Bertz CT molecular complexity index is 639. The quantitative estimate of drug-likeness (QED) is 0.834. The van der Waals surface area contributed by atoms with E-state index >= 15 is 0 Å². The lowest BCUT2D eigenvalue weighted by Gasteiger charge is -2.16. The minimum absolute atomic E-state index is 0.0478. The highest BCUT2D eigenvalue weighted by atomic mass is 16.5. The van der Waals surface area contributed by atoms with Crippen LogP contribution in [-0.2, 0) is 11.2 Å². The van der Waals surface area contributed by atoms with Gasteiger partial charge in [-0.05, 0) is 31.7 Å². The molecule has 23 heavy (non-hydrogen) atoms. The van der Waals surface area contributed by atoms with Gasteiger partial charge in [-0.1, -0.05) is 30.3 Å². The van der Waals surface area contributed by atoms with E-state index in [0.29, 0.717) is 12.1 Å². The van der Waals surface area contributed by atoms with E-state index in [4.69, 9.17) is 4.74 Å². The maximum atomic E-state index is 12.4. The van der Waals surface area contributed by atoms with Crippen LogP contribution in [0.4, 0.5) is 0 Å². The van der Waals surface area contributed by atoms with E-state index in [2.05, 4.69) is 34.5 Å². The second kappa shape index (κ2) is 7.42. The number of ether oxygens (including phenoxy) is 1. The smallest absolute Gasteiger partial charge is 0.257 e. The van der Waals surface area contributed by atoms with Gasteiger partial charge in [-0.15, -0.1) is 0 Å². The number of hydrogen-bond donors (Lipinski definition) is 1. The Balaban J connectivity index is 1.40. The first-order valence-electron chi connectivity index (χ1n) is 8.19. The molecule has 1 amide bonds. The molecule has 1 atom stereocenters. The van der Waals surface area contributed by atoms with Crippen LogP contribution in [0.15, 0.2) is 36.5 Å². The minimum atomic E-state index is 0.0478. The van der Waals surface area contributed by atoms with E-state index < -0.39 is 0 Å². The Morgan fingerprint density at radius 2 is 2.22 bits per heavy atom. The van der Waals surface area contributed by atoms with Crippen LogP contribution in [-0.4, -0.2) is 46.8 Å². The molecular weight excluding hydrogens is 290 g/mol. The normalized spacial score (nSPS) is 17.6. The zero-order valence-corrected chi connectivity index (χ0v) is 13.5. The van der Waals surface area contributed by atoms with Gasteiger partial charge >= 0.3 is 0 Å². The lowest BCUT2D eigenvalue weighted by atomic mass is 10.1. The summed E-state index contributed by atoms with van der Waals surface area (Å²) in [6.45, 7) is 4.04. The number of aromatic nitrogens is 2. The van der Waals surface area contributed by atoms with Crippen LogP contribution < -0.4 is 0 Å². The molecule has 5 nitrogen and oxygen atoms in total. The third kappa shape index (κ3) is 3.99. The van der Waals surface area contributed by atoms with Gasteiger partial charge < -0.3 is 9.64 Å². The molecule has 1 aliphatic rings. The maximum Gasteiger partial charge on any atom is 0.257 e. The van der Waals surface area contributed by atoms with Crippen molar-refractivity contribution in [1.29, 1.82) is 0 Å². The average molecular weight is 313 g/mol. The summed E-state index contributed by atoms with van der Waals surface area (Å²) < 4.78 is 5.94. The standard InChI is InChI=1S/C18H23N3O2/c1-14-17(12-19-20-14)18(22)21-10-9-16(13-21)23-11-5-8-15-6-3-2-4-7-15/h2-4,6-7,12,16H,5,8-11,13H2,1H3,(H,19,20)/t16-/m0/s1. The summed E-state index contributed by atoms with van der Waals surface area (Å²) in [5.41, 5.74) is 2.83. The van der Waals surface area contributed by atoms with Crippen molar-refractivity contribution >= 4 is 5.91 Å². The summed E-state index contributed by atoms with van der Waals surface area (Å²) in [6, 6.07) is 10.4. The monoisotopic (exact) mass is 313 g/mol. The fourth-order valence-electron chi connectivity index (χ4n) is 2.96. The summed E-state index contributed by atoms with van der Waals surface area (Å²) in [6.07, 6.45) is 4.71. The maximum absolute atomic E-state index is 12.4. The Labute approximate surface area is 136 Å². The number of nitrogens with zero attached hydrogens (tertiary/aromatic N) is 2. The first-order chi connectivity index (χ1) is 11.2. The largest absolute Gasteiger partial charge is 0.376 e. The van der Waals surface area contributed by atoms with Crippen LogP contribution in [0.3, 0.4) is 0 Å². The van der Waals surface area contributed by atoms with Crippen LogP contribution in [0, 0.1) is 6.92 Å². The molecule has 0 bridgehead atoms. The third-order valence-electron chi connectivity index (χ3n) is 4.30. The topological polar surface area (TPSA) is 58.2 Å². The van der Waals surface area contributed by atoms with Gasteiger partial charge in [0.05, 0.1) is 17.9 Å². The summed E-state index contributed by atoms with van der Waals surface area (Å²) in [7, 11) is 0. The fourth-order valence-corrected chi connectivity index (χ4v) is 2.96. The van der Waals surface area contributed by atoms with E-state index in [1.165, 1.54) is 5.56 Å². The number of rotatable bonds is 6. The Morgan fingerprint density at radius 3 is 2.96 bits per heavy atom. The number of carbonyl (C=O) groups excluding carboxylic acids is 1. The van der Waals surface area contributed by atoms with Gasteiger partial charge in [0.2, 0.25) is 0 Å². The Kier molecular flexibility index (Phi) is 5.08. The molecular formula is C18H23N3O2. The van der Waals surface area contributed by atoms with Gasteiger partial charge in [0.25, 0.3) is 5.91 Å². The molecule has 1 aromatic carbocycles. The minimum Gasteiger partial charge on any atom is -0.376 e. The number of benzene rings is 1. The Hall–Kier alpha value is -2.14. The van der Waals surface area contributed by atoms with Crippen LogP contribution in [0.1, 0.15) is 34.5 Å². The molecule has 1 aromatic heterocycles. The number of aromatic amines is 1. The van der Waals surface area contributed by atoms with E-state index in [-0.39, 0.29) is 12.0 Å². The summed E-state index contributed by atoms with van der Waals surface area (Å²) in [5.74, 6) is 0.0478. The van der Waals surface area contributed by atoms with Crippen LogP contribution >= 0.6 is 0 Å². The lowest BCUT2D eigenvalue weighted by molar-refractivity contribution is 0.0524. The van der Waals surface area contributed by atoms with Crippen molar-refractivity contribution in [3.8, 4) is 0 Å². The molecule has 0 spiro atoms. The first kappa shape index (κ1) is 15.7. The van der Waals surface area contributed by atoms with Crippen molar-refractivity contribution < 1.29 is 9.53 Å². The van der Waals surface area contributed by atoms with Crippen LogP contribution in [0.25, 0.3) is 0 Å².